The van der Waals surface area contributed by atoms with Gasteiger partial charge in [0.1, 0.15) is 5.75 Å². The molecule has 4 heteroatoms. The van der Waals surface area contributed by atoms with Crippen LogP contribution in [-0.2, 0) is 6.18 Å². The fraction of sp³-hybridized carbons (Fsp3) is 0.0800. The van der Waals surface area contributed by atoms with Crippen molar-refractivity contribution in [3.05, 3.63) is 132 Å². The Balaban J connectivity index is 1.64. The number of alkyl halides is 3. The Morgan fingerprint density at radius 2 is 1.14 bits per heavy atom. The number of hydrogen-bond donors (Lipinski definition) is 0. The highest BCUT2D eigenvalue weighted by Crippen LogP contribution is 2.49. The minimum Gasteiger partial charge on any atom is -0.497 e. The van der Waals surface area contributed by atoms with Crippen LogP contribution in [-0.4, -0.2) is 7.11 Å². The van der Waals surface area contributed by atoms with Gasteiger partial charge in [-0.2, -0.15) is 13.2 Å². The van der Waals surface area contributed by atoms with E-state index in [0.29, 0.717) is 0 Å². The minimum atomic E-state index is -4.34. The maximum absolute atomic E-state index is 12.9. The lowest BCUT2D eigenvalue weighted by Gasteiger charge is -2.19. The largest absolute Gasteiger partial charge is 0.497 e. The fourth-order valence-electron chi connectivity index (χ4n) is 3.39. The molecule has 5 radical (unpaired) electrons. The molecule has 3 aromatic carbocycles. The standard InChI is InChI=1S/C25H18F3O/c1-29-22-13-9-19(10-14-22)24-16-20(15-23(24)18-5-3-2-4-6-18)17-7-11-21(12-8-17)25(26,27)28/h2-16H,1H3. The molecule has 0 N–H and O–H groups in total. The van der Waals surface area contributed by atoms with Crippen molar-refractivity contribution in [1.29, 1.82) is 0 Å². The maximum Gasteiger partial charge on any atom is 0.416 e. The van der Waals surface area contributed by atoms with E-state index in [1.807, 2.05) is 67.4 Å². The van der Waals surface area contributed by atoms with Gasteiger partial charge >= 0.3 is 6.18 Å². The Morgan fingerprint density at radius 3 is 1.66 bits per heavy atom. The number of benzene rings is 3. The summed E-state index contributed by atoms with van der Waals surface area (Å²) >= 11 is 0. The van der Waals surface area contributed by atoms with Gasteiger partial charge in [-0.25, -0.2) is 0 Å². The molecule has 0 heterocycles. The van der Waals surface area contributed by atoms with Crippen molar-refractivity contribution in [1.82, 2.24) is 0 Å². The Hall–Kier alpha value is -2.75. The molecule has 0 amide bonds. The predicted molar refractivity (Wildman–Crippen MR) is 107 cm³/mol. The maximum atomic E-state index is 12.9. The third-order valence-electron chi connectivity index (χ3n) is 4.92. The molecular formula is C25H18F3O. The van der Waals surface area contributed by atoms with Crippen molar-refractivity contribution in [2.45, 2.75) is 6.18 Å². The molecule has 0 bridgehead atoms. The highest BCUT2D eigenvalue weighted by molar-refractivity contribution is 5.70. The van der Waals surface area contributed by atoms with E-state index in [1.165, 1.54) is 12.1 Å². The fourth-order valence-corrected chi connectivity index (χ4v) is 3.39. The van der Waals surface area contributed by atoms with E-state index in [-0.39, 0.29) is 0 Å². The molecule has 4 rings (SSSR count). The van der Waals surface area contributed by atoms with Gasteiger partial charge in [0.15, 0.2) is 0 Å². The van der Waals surface area contributed by atoms with Crippen LogP contribution in [0, 0.1) is 30.6 Å². The molecule has 0 aliphatic heterocycles. The second kappa shape index (κ2) is 7.94. The highest BCUT2D eigenvalue weighted by Gasteiger charge is 2.39. The van der Waals surface area contributed by atoms with Gasteiger partial charge < -0.3 is 4.74 Å². The third-order valence-corrected chi connectivity index (χ3v) is 4.92. The number of rotatable bonds is 4. The van der Waals surface area contributed by atoms with Gasteiger partial charge in [0.05, 0.1) is 12.7 Å². The minimum absolute atomic E-state index is 0.647. The molecule has 0 spiro atoms. The molecule has 1 fully saturated rings. The van der Waals surface area contributed by atoms with E-state index in [0.717, 1.165) is 52.3 Å². The van der Waals surface area contributed by atoms with Crippen molar-refractivity contribution in [2.24, 2.45) is 0 Å². The summed E-state index contributed by atoms with van der Waals surface area (Å²) in [5, 5.41) is 0. The van der Waals surface area contributed by atoms with Crippen LogP contribution in [0.1, 0.15) is 22.3 Å². The smallest absolute Gasteiger partial charge is 0.416 e. The lowest BCUT2D eigenvalue weighted by Crippen LogP contribution is -2.07. The summed E-state index contributed by atoms with van der Waals surface area (Å²) in [6.07, 6.45) is -0.293. The molecule has 0 aromatic heterocycles. The van der Waals surface area contributed by atoms with E-state index in [4.69, 9.17) is 4.74 Å². The van der Waals surface area contributed by atoms with Crippen LogP contribution in [0.2, 0.25) is 0 Å². The Morgan fingerprint density at radius 1 is 0.621 bits per heavy atom. The molecule has 3 aromatic rings. The summed E-state index contributed by atoms with van der Waals surface area (Å²) in [6, 6.07) is 23.0. The van der Waals surface area contributed by atoms with Crippen LogP contribution in [0.5, 0.6) is 5.75 Å². The van der Waals surface area contributed by atoms with Gasteiger partial charge in [-0.15, -0.1) is 0 Å². The van der Waals surface area contributed by atoms with E-state index in [1.54, 1.807) is 7.11 Å². The van der Waals surface area contributed by atoms with E-state index in [9.17, 15) is 13.2 Å². The molecule has 145 valence electrons. The lowest BCUT2D eigenvalue weighted by atomic mass is 9.84. The second-order valence-corrected chi connectivity index (χ2v) is 6.74. The van der Waals surface area contributed by atoms with Crippen LogP contribution < -0.4 is 4.74 Å². The average Bonchev–Trinajstić information content (AvgIpc) is 3.19. The van der Waals surface area contributed by atoms with Crippen molar-refractivity contribution in [3.63, 3.8) is 0 Å². The van der Waals surface area contributed by atoms with Crippen molar-refractivity contribution in [3.8, 4) is 5.75 Å². The zero-order valence-corrected chi connectivity index (χ0v) is 15.7. The van der Waals surface area contributed by atoms with E-state index in [2.05, 4.69) is 0 Å². The molecule has 29 heavy (non-hydrogen) atoms. The normalized spacial score (nSPS) is 16.3. The molecular weight excluding hydrogens is 373 g/mol. The number of halogens is 3. The Labute approximate surface area is 169 Å². The summed E-state index contributed by atoms with van der Waals surface area (Å²) < 4.78 is 43.9. The van der Waals surface area contributed by atoms with Gasteiger partial charge in [-0.1, -0.05) is 54.6 Å². The van der Waals surface area contributed by atoms with Gasteiger partial charge in [-0.05, 0) is 53.8 Å². The predicted octanol–water partition coefficient (Wildman–Crippen LogP) is 6.30. The summed E-state index contributed by atoms with van der Waals surface area (Å²) in [5.41, 5.74) is 2.17. The van der Waals surface area contributed by atoms with Crippen LogP contribution in [0.3, 0.4) is 0 Å². The Bertz CT molecular complexity index is 931. The van der Waals surface area contributed by atoms with E-state index < -0.39 is 11.7 Å². The Kier molecular flexibility index (Phi) is 5.35. The summed E-state index contributed by atoms with van der Waals surface area (Å²) in [6.45, 7) is 0. The summed E-state index contributed by atoms with van der Waals surface area (Å²) in [7, 11) is 1.62. The molecule has 0 unspecified atom stereocenters. The SMILES string of the molecule is COc1ccc([C]2[CH][C](c3ccc(C(F)(F)F)cc3)[CH][C]2c2ccccc2)cc1. The van der Waals surface area contributed by atoms with Gasteiger partial charge in [0.2, 0.25) is 0 Å². The summed E-state index contributed by atoms with van der Waals surface area (Å²) in [5.74, 6) is 3.70. The molecule has 1 aliphatic carbocycles. The van der Waals surface area contributed by atoms with Crippen LogP contribution in [0.15, 0.2) is 78.9 Å². The lowest BCUT2D eigenvalue weighted by molar-refractivity contribution is -0.137. The quantitative estimate of drug-likeness (QED) is 0.507. The summed E-state index contributed by atoms with van der Waals surface area (Å²) in [4.78, 5) is 0. The van der Waals surface area contributed by atoms with Crippen LogP contribution >= 0.6 is 0 Å². The van der Waals surface area contributed by atoms with Crippen LogP contribution in [0.25, 0.3) is 0 Å². The first-order valence-corrected chi connectivity index (χ1v) is 9.14. The number of ether oxygens (including phenoxy) is 1. The van der Waals surface area contributed by atoms with Crippen molar-refractivity contribution < 1.29 is 17.9 Å². The van der Waals surface area contributed by atoms with Gasteiger partial charge in [-0.3, -0.25) is 0 Å². The first-order valence-electron chi connectivity index (χ1n) is 9.14. The van der Waals surface area contributed by atoms with Crippen LogP contribution in [0.4, 0.5) is 13.2 Å². The molecule has 1 nitrogen and oxygen atoms in total. The van der Waals surface area contributed by atoms with Gasteiger partial charge in [0, 0.05) is 17.8 Å². The zero-order valence-electron chi connectivity index (χ0n) is 15.7. The highest BCUT2D eigenvalue weighted by atomic mass is 19.4. The molecule has 0 atom stereocenters. The first kappa shape index (κ1) is 19.6. The number of methoxy groups -OCH3 is 1. The van der Waals surface area contributed by atoms with Crippen molar-refractivity contribution in [2.75, 3.05) is 7.11 Å². The van der Waals surface area contributed by atoms with E-state index >= 15 is 0 Å². The third kappa shape index (κ3) is 4.16. The molecule has 0 saturated heterocycles. The molecule has 1 saturated carbocycles. The van der Waals surface area contributed by atoms with Crippen molar-refractivity contribution >= 4 is 0 Å². The first-order chi connectivity index (χ1) is 14.0. The number of hydrogen-bond acceptors (Lipinski definition) is 1. The second-order valence-electron chi connectivity index (χ2n) is 6.74. The average molecular weight is 391 g/mol. The molecule has 1 aliphatic rings. The topological polar surface area (TPSA) is 9.23 Å². The van der Waals surface area contributed by atoms with Gasteiger partial charge in [0.25, 0.3) is 0 Å². The zero-order chi connectivity index (χ0) is 20.4. The monoisotopic (exact) mass is 391 g/mol.